The van der Waals surface area contributed by atoms with Gasteiger partial charge in [0.1, 0.15) is 0 Å². The molecule has 0 spiro atoms. The second-order valence-electron chi connectivity index (χ2n) is 4.83. The average Bonchev–Trinajstić information content (AvgIpc) is 2.77. The van der Waals surface area contributed by atoms with Gasteiger partial charge in [-0.2, -0.15) is 0 Å². The number of carbonyl (C=O) groups excluding carboxylic acids is 1. The van der Waals surface area contributed by atoms with Crippen LogP contribution in [0.4, 0.5) is 23.7 Å². The lowest BCUT2D eigenvalue weighted by atomic mass is 10.1. The topological polar surface area (TPSA) is 75.3 Å². The molecule has 2 rings (SSSR count). The van der Waals surface area contributed by atoms with Crippen LogP contribution in [0.25, 0.3) is 0 Å². The number of hydrogen-bond donors (Lipinski definition) is 2. The molecule has 0 unspecified atom stereocenters. The summed E-state index contributed by atoms with van der Waals surface area (Å²) in [6.45, 7) is 0.107. The zero-order chi connectivity index (χ0) is 15.6. The molecule has 0 saturated carbocycles. The molecule has 21 heavy (non-hydrogen) atoms. The van der Waals surface area contributed by atoms with Gasteiger partial charge in [-0.25, -0.2) is 26.4 Å². The Bertz CT molecular complexity index is 664. The average molecular weight is 322 g/mol. The van der Waals surface area contributed by atoms with Crippen LogP contribution in [0.2, 0.25) is 0 Å². The van der Waals surface area contributed by atoms with Gasteiger partial charge in [-0.1, -0.05) is 0 Å². The third-order valence-corrected chi connectivity index (χ3v) is 5.00. The lowest BCUT2D eigenvalue weighted by Crippen LogP contribution is -2.33. The van der Waals surface area contributed by atoms with E-state index in [0.717, 1.165) is 6.07 Å². The van der Waals surface area contributed by atoms with Gasteiger partial charge in [-0.05, 0) is 24.5 Å². The molecule has 1 saturated heterocycles. The molecule has 1 aliphatic rings. The second-order valence-corrected chi connectivity index (χ2v) is 7.06. The minimum absolute atomic E-state index is 0.00713. The summed E-state index contributed by atoms with van der Waals surface area (Å²) in [7, 11) is -3.04. The highest BCUT2D eigenvalue weighted by Gasteiger charge is 2.28. The molecule has 116 valence electrons. The van der Waals surface area contributed by atoms with Crippen LogP contribution in [-0.4, -0.2) is 32.5 Å². The van der Waals surface area contributed by atoms with Gasteiger partial charge in [0.05, 0.1) is 17.2 Å². The largest absolute Gasteiger partial charge is 0.338 e. The quantitative estimate of drug-likeness (QED) is 0.831. The van der Waals surface area contributed by atoms with E-state index >= 15 is 0 Å². The Balaban J connectivity index is 1.90. The van der Waals surface area contributed by atoms with Crippen LogP contribution >= 0.6 is 0 Å². The summed E-state index contributed by atoms with van der Waals surface area (Å²) in [5.74, 6) is -4.64. The molecule has 0 aliphatic carbocycles. The van der Waals surface area contributed by atoms with Crippen molar-refractivity contribution in [3.8, 4) is 0 Å². The number of hydrogen-bond acceptors (Lipinski definition) is 3. The van der Waals surface area contributed by atoms with Crippen molar-refractivity contribution in [2.24, 2.45) is 5.92 Å². The first-order chi connectivity index (χ1) is 9.78. The number of amides is 2. The van der Waals surface area contributed by atoms with Crippen molar-refractivity contribution in [2.45, 2.75) is 6.42 Å². The normalized spacial score (nSPS) is 20.2. The van der Waals surface area contributed by atoms with Crippen LogP contribution in [-0.2, 0) is 9.84 Å². The molecule has 1 heterocycles. The van der Waals surface area contributed by atoms with E-state index in [1.54, 1.807) is 0 Å². The molecular formula is C12H13F3N2O3S. The van der Waals surface area contributed by atoms with Crippen molar-refractivity contribution < 1.29 is 26.4 Å². The Morgan fingerprint density at radius 2 is 1.95 bits per heavy atom. The van der Waals surface area contributed by atoms with Crippen molar-refractivity contribution >= 4 is 21.6 Å². The number of anilines is 1. The Morgan fingerprint density at radius 1 is 1.24 bits per heavy atom. The summed E-state index contributed by atoms with van der Waals surface area (Å²) in [5.41, 5.74) is -0.495. The standard InChI is InChI=1S/C12H13F3N2O3S/c13-8-1-2-9(11(15)10(8)14)17-12(18)16-5-7-3-4-21(19,20)6-7/h1-2,7H,3-6H2,(H2,16,17,18)/t7-/m0/s1. The fraction of sp³-hybridized carbons (Fsp3) is 0.417. The zero-order valence-corrected chi connectivity index (χ0v) is 11.6. The first kappa shape index (κ1) is 15.6. The summed E-state index contributed by atoms with van der Waals surface area (Å²) in [4.78, 5) is 11.5. The first-order valence-electron chi connectivity index (χ1n) is 6.17. The Kier molecular flexibility index (Phi) is 4.40. The minimum Gasteiger partial charge on any atom is -0.338 e. The summed E-state index contributed by atoms with van der Waals surface area (Å²) >= 11 is 0. The fourth-order valence-corrected chi connectivity index (χ4v) is 3.92. The molecule has 0 bridgehead atoms. The van der Waals surface area contributed by atoms with Crippen LogP contribution in [0.3, 0.4) is 0 Å². The lowest BCUT2D eigenvalue weighted by molar-refractivity contribution is 0.250. The van der Waals surface area contributed by atoms with Gasteiger partial charge in [-0.3, -0.25) is 0 Å². The second kappa shape index (κ2) is 5.92. The van der Waals surface area contributed by atoms with E-state index < -0.39 is 39.0 Å². The molecule has 1 fully saturated rings. The maximum absolute atomic E-state index is 13.3. The first-order valence-corrected chi connectivity index (χ1v) is 7.99. The number of nitrogens with one attached hydrogen (secondary N) is 2. The van der Waals surface area contributed by atoms with E-state index in [2.05, 4.69) is 5.32 Å². The van der Waals surface area contributed by atoms with Gasteiger partial charge >= 0.3 is 6.03 Å². The van der Waals surface area contributed by atoms with Crippen LogP contribution in [0, 0.1) is 23.4 Å². The third-order valence-electron chi connectivity index (χ3n) is 3.16. The van der Waals surface area contributed by atoms with Crippen molar-refractivity contribution in [1.29, 1.82) is 0 Å². The Labute approximate surface area is 119 Å². The van der Waals surface area contributed by atoms with E-state index in [1.165, 1.54) is 0 Å². The minimum atomic E-state index is -3.04. The summed E-state index contributed by atoms with van der Waals surface area (Å²) < 4.78 is 61.5. The van der Waals surface area contributed by atoms with Crippen molar-refractivity contribution in [2.75, 3.05) is 23.4 Å². The maximum atomic E-state index is 13.3. The molecule has 1 aliphatic heterocycles. The molecule has 1 aromatic carbocycles. The number of urea groups is 1. The molecule has 1 aromatic rings. The van der Waals surface area contributed by atoms with E-state index in [9.17, 15) is 26.4 Å². The van der Waals surface area contributed by atoms with Crippen LogP contribution in [0.5, 0.6) is 0 Å². The lowest BCUT2D eigenvalue weighted by Gasteiger charge is -2.11. The van der Waals surface area contributed by atoms with Gasteiger partial charge < -0.3 is 10.6 Å². The van der Waals surface area contributed by atoms with Gasteiger partial charge in [0, 0.05) is 6.54 Å². The number of benzene rings is 1. The van der Waals surface area contributed by atoms with Crippen molar-refractivity contribution in [3.05, 3.63) is 29.6 Å². The molecule has 9 heteroatoms. The van der Waals surface area contributed by atoms with Crippen LogP contribution in [0.15, 0.2) is 12.1 Å². The zero-order valence-electron chi connectivity index (χ0n) is 10.8. The number of halogens is 3. The van der Waals surface area contributed by atoms with Gasteiger partial charge in [0.15, 0.2) is 27.3 Å². The highest BCUT2D eigenvalue weighted by Crippen LogP contribution is 2.20. The number of sulfone groups is 1. The molecule has 1 atom stereocenters. The van der Waals surface area contributed by atoms with Crippen molar-refractivity contribution in [3.63, 3.8) is 0 Å². The van der Waals surface area contributed by atoms with Crippen LogP contribution < -0.4 is 10.6 Å². The molecule has 5 nitrogen and oxygen atoms in total. The predicted octanol–water partition coefficient (Wildman–Crippen LogP) is 1.66. The van der Waals surface area contributed by atoms with E-state index in [1.807, 2.05) is 5.32 Å². The highest BCUT2D eigenvalue weighted by atomic mass is 32.2. The van der Waals surface area contributed by atoms with Gasteiger partial charge in [-0.15, -0.1) is 0 Å². The SMILES string of the molecule is O=C(NC[C@@H]1CCS(=O)(=O)C1)Nc1ccc(F)c(F)c1F. The molecular weight excluding hydrogens is 309 g/mol. The highest BCUT2D eigenvalue weighted by molar-refractivity contribution is 7.91. The van der Waals surface area contributed by atoms with Crippen molar-refractivity contribution in [1.82, 2.24) is 5.32 Å². The summed E-state index contributed by atoms with van der Waals surface area (Å²) in [5, 5.41) is 4.42. The molecule has 0 radical (unpaired) electrons. The number of carbonyl (C=O) groups is 1. The predicted molar refractivity (Wildman–Crippen MR) is 70.1 cm³/mol. The molecule has 0 aromatic heterocycles. The molecule has 2 N–H and O–H groups in total. The van der Waals surface area contributed by atoms with Gasteiger partial charge in [0.2, 0.25) is 0 Å². The number of rotatable bonds is 3. The summed E-state index contributed by atoms with van der Waals surface area (Å²) in [6, 6.07) is 0.773. The van der Waals surface area contributed by atoms with Gasteiger partial charge in [0.25, 0.3) is 0 Å². The Morgan fingerprint density at radius 3 is 2.57 bits per heavy atom. The van der Waals surface area contributed by atoms with E-state index in [-0.39, 0.29) is 24.0 Å². The summed E-state index contributed by atoms with van der Waals surface area (Å²) in [6.07, 6.45) is 0.447. The van der Waals surface area contributed by atoms with E-state index in [0.29, 0.717) is 12.5 Å². The third kappa shape index (κ3) is 3.87. The smallest absolute Gasteiger partial charge is 0.319 e. The fourth-order valence-electron chi connectivity index (χ4n) is 2.06. The monoisotopic (exact) mass is 322 g/mol. The Hall–Kier alpha value is -1.77. The van der Waals surface area contributed by atoms with E-state index in [4.69, 9.17) is 0 Å². The molecule has 2 amide bonds. The van der Waals surface area contributed by atoms with Crippen LogP contribution in [0.1, 0.15) is 6.42 Å². The maximum Gasteiger partial charge on any atom is 0.319 e.